The number of aliphatic imine (C=N–C) groups is 1. The summed E-state index contributed by atoms with van der Waals surface area (Å²) in [5, 5.41) is 3.23. The molecule has 1 N–H and O–H groups in total. The number of rotatable bonds is 4. The van der Waals surface area contributed by atoms with Crippen LogP contribution in [0.25, 0.3) is 0 Å². The lowest BCUT2D eigenvalue weighted by Crippen LogP contribution is -2.08. The minimum absolute atomic E-state index is 0.0285. The van der Waals surface area contributed by atoms with Crippen molar-refractivity contribution in [1.82, 2.24) is 4.98 Å². The molecule has 2 aliphatic rings. The summed E-state index contributed by atoms with van der Waals surface area (Å²) in [6.07, 6.45) is 4.66. The highest BCUT2D eigenvalue weighted by Gasteiger charge is 2.27. The third-order valence-corrected chi connectivity index (χ3v) is 4.49. The molecule has 1 aromatic heterocycles. The fourth-order valence-corrected chi connectivity index (χ4v) is 3.02. The molecule has 1 aromatic carbocycles. The summed E-state index contributed by atoms with van der Waals surface area (Å²) in [5.41, 5.74) is 2.21. The Balaban J connectivity index is 1.58. The standard InChI is InChI=1S/C18H15ClFN3O/c19-14-7-10(1-4-15(14)20)8-16(24)12-5-6-21-18-13(12)9-17(23-18)22-11-2-3-11/h1,4-7,11H,2-3,8-9H2,(H,21,22,23). The van der Waals surface area contributed by atoms with Crippen LogP contribution in [0.5, 0.6) is 0 Å². The Bertz CT molecular complexity index is 861. The van der Waals surface area contributed by atoms with Crippen molar-refractivity contribution in [3.63, 3.8) is 0 Å². The Morgan fingerprint density at radius 2 is 2.21 bits per heavy atom. The van der Waals surface area contributed by atoms with Crippen molar-refractivity contribution in [1.29, 1.82) is 0 Å². The maximum Gasteiger partial charge on any atom is 0.167 e. The van der Waals surface area contributed by atoms with E-state index < -0.39 is 5.82 Å². The minimum atomic E-state index is -0.484. The summed E-state index contributed by atoms with van der Waals surface area (Å²) >= 11 is 5.79. The molecule has 1 fully saturated rings. The second-order valence-electron chi connectivity index (χ2n) is 6.14. The van der Waals surface area contributed by atoms with Gasteiger partial charge >= 0.3 is 0 Å². The van der Waals surface area contributed by atoms with Gasteiger partial charge in [-0.3, -0.25) is 9.79 Å². The summed E-state index contributed by atoms with van der Waals surface area (Å²) in [4.78, 5) is 21.6. The third-order valence-electron chi connectivity index (χ3n) is 4.20. The van der Waals surface area contributed by atoms with Crippen LogP contribution in [0.1, 0.15) is 34.3 Å². The molecule has 0 radical (unpaired) electrons. The maximum atomic E-state index is 13.2. The van der Waals surface area contributed by atoms with E-state index in [4.69, 9.17) is 11.6 Å². The van der Waals surface area contributed by atoms with E-state index in [0.29, 0.717) is 29.4 Å². The second-order valence-corrected chi connectivity index (χ2v) is 6.55. The van der Waals surface area contributed by atoms with E-state index in [-0.39, 0.29) is 17.2 Å². The molecule has 0 bridgehead atoms. The third kappa shape index (κ3) is 3.04. The summed E-state index contributed by atoms with van der Waals surface area (Å²) in [7, 11) is 0. The summed E-state index contributed by atoms with van der Waals surface area (Å²) in [5.74, 6) is 1.07. The molecule has 4 rings (SSSR count). The highest BCUT2D eigenvalue weighted by atomic mass is 35.5. The molecular formula is C18H15ClFN3O. The Hall–Kier alpha value is -2.27. The first kappa shape index (κ1) is 15.3. The van der Waals surface area contributed by atoms with Crippen LogP contribution in [-0.4, -0.2) is 22.6 Å². The first-order valence-corrected chi connectivity index (χ1v) is 8.26. The SMILES string of the molecule is O=C(Cc1ccc(F)c(Cl)c1)c1ccnc2c1CC(=NC1CC1)N2. The number of halogens is 2. The number of aromatic nitrogens is 1. The number of nitrogens with zero attached hydrogens (tertiary/aromatic N) is 2. The maximum absolute atomic E-state index is 13.2. The molecule has 1 saturated carbocycles. The lowest BCUT2D eigenvalue weighted by atomic mass is 9.99. The zero-order chi connectivity index (χ0) is 16.7. The molecule has 2 heterocycles. The van der Waals surface area contributed by atoms with Crippen LogP contribution < -0.4 is 5.32 Å². The quantitative estimate of drug-likeness (QED) is 0.858. The number of hydrogen-bond donors (Lipinski definition) is 1. The van der Waals surface area contributed by atoms with E-state index in [2.05, 4.69) is 15.3 Å². The highest BCUT2D eigenvalue weighted by molar-refractivity contribution is 6.30. The smallest absolute Gasteiger partial charge is 0.167 e. The van der Waals surface area contributed by atoms with Gasteiger partial charge in [-0.15, -0.1) is 0 Å². The van der Waals surface area contributed by atoms with Gasteiger partial charge in [-0.1, -0.05) is 17.7 Å². The van der Waals surface area contributed by atoms with Crippen molar-refractivity contribution in [3.05, 3.63) is 58.0 Å². The number of Topliss-reactive ketones (excluding diaryl/α,β-unsaturated/α-hetero) is 1. The zero-order valence-electron chi connectivity index (χ0n) is 12.9. The first-order chi connectivity index (χ1) is 11.6. The van der Waals surface area contributed by atoms with Crippen LogP contribution in [0.15, 0.2) is 35.5 Å². The fourth-order valence-electron chi connectivity index (χ4n) is 2.82. The van der Waals surface area contributed by atoms with Gasteiger partial charge in [0, 0.05) is 30.2 Å². The van der Waals surface area contributed by atoms with Crippen molar-refractivity contribution in [2.45, 2.75) is 31.7 Å². The zero-order valence-corrected chi connectivity index (χ0v) is 13.6. The Kier molecular flexibility index (Phi) is 3.81. The average molecular weight is 344 g/mol. The fraction of sp³-hybridized carbons (Fsp3) is 0.278. The molecule has 6 heteroatoms. The lowest BCUT2D eigenvalue weighted by molar-refractivity contribution is 0.0992. The molecule has 24 heavy (non-hydrogen) atoms. The van der Waals surface area contributed by atoms with Crippen LogP contribution in [0.4, 0.5) is 10.2 Å². The number of carbonyl (C=O) groups excluding carboxylic acids is 1. The number of carbonyl (C=O) groups is 1. The number of anilines is 1. The van der Waals surface area contributed by atoms with Gasteiger partial charge in [0.1, 0.15) is 17.5 Å². The monoisotopic (exact) mass is 343 g/mol. The molecule has 0 atom stereocenters. The van der Waals surface area contributed by atoms with Gasteiger partial charge in [-0.25, -0.2) is 9.37 Å². The first-order valence-electron chi connectivity index (χ1n) is 7.89. The molecule has 122 valence electrons. The van der Waals surface area contributed by atoms with Gasteiger partial charge < -0.3 is 5.32 Å². The van der Waals surface area contributed by atoms with E-state index in [9.17, 15) is 9.18 Å². The number of benzene rings is 1. The topological polar surface area (TPSA) is 54.4 Å². The van der Waals surface area contributed by atoms with Gasteiger partial charge in [0.25, 0.3) is 0 Å². The number of pyridine rings is 1. The van der Waals surface area contributed by atoms with Crippen molar-refractivity contribution < 1.29 is 9.18 Å². The van der Waals surface area contributed by atoms with Crippen molar-refractivity contribution in [2.24, 2.45) is 4.99 Å². The van der Waals surface area contributed by atoms with Gasteiger partial charge in [0.05, 0.1) is 11.1 Å². The van der Waals surface area contributed by atoms with E-state index in [0.717, 1.165) is 24.2 Å². The number of amidine groups is 1. The van der Waals surface area contributed by atoms with E-state index >= 15 is 0 Å². The molecule has 4 nitrogen and oxygen atoms in total. The van der Waals surface area contributed by atoms with E-state index in [1.807, 2.05) is 0 Å². The highest BCUT2D eigenvalue weighted by Crippen LogP contribution is 2.29. The van der Waals surface area contributed by atoms with Crippen LogP contribution in [0, 0.1) is 5.82 Å². The molecule has 0 saturated heterocycles. The van der Waals surface area contributed by atoms with Crippen molar-refractivity contribution >= 4 is 29.0 Å². The van der Waals surface area contributed by atoms with Gasteiger partial charge in [-0.05, 0) is 36.6 Å². The molecule has 0 spiro atoms. The predicted molar refractivity (Wildman–Crippen MR) is 91.5 cm³/mol. The molecule has 0 unspecified atom stereocenters. The van der Waals surface area contributed by atoms with Crippen LogP contribution >= 0.6 is 11.6 Å². The Labute approximate surface area is 143 Å². The summed E-state index contributed by atoms with van der Waals surface area (Å²) in [6.45, 7) is 0. The average Bonchev–Trinajstić information content (AvgIpc) is 3.26. The van der Waals surface area contributed by atoms with Gasteiger partial charge in [0.15, 0.2) is 5.78 Å². The largest absolute Gasteiger partial charge is 0.328 e. The second kappa shape index (κ2) is 5.98. The number of nitrogens with one attached hydrogen (secondary N) is 1. The van der Waals surface area contributed by atoms with Crippen LogP contribution in [0.2, 0.25) is 5.02 Å². The van der Waals surface area contributed by atoms with Crippen LogP contribution in [-0.2, 0) is 12.8 Å². The van der Waals surface area contributed by atoms with Crippen molar-refractivity contribution in [2.75, 3.05) is 5.32 Å². The lowest BCUT2D eigenvalue weighted by Gasteiger charge is -2.06. The Morgan fingerprint density at radius 3 is 2.96 bits per heavy atom. The van der Waals surface area contributed by atoms with Gasteiger partial charge in [0.2, 0.25) is 0 Å². The summed E-state index contributed by atoms with van der Waals surface area (Å²) < 4.78 is 13.2. The van der Waals surface area contributed by atoms with Gasteiger partial charge in [-0.2, -0.15) is 0 Å². The predicted octanol–water partition coefficient (Wildman–Crippen LogP) is 3.83. The molecule has 1 aliphatic heterocycles. The van der Waals surface area contributed by atoms with Crippen LogP contribution in [0.3, 0.4) is 0 Å². The molecule has 0 amide bonds. The molecular weight excluding hydrogens is 329 g/mol. The Morgan fingerprint density at radius 1 is 1.38 bits per heavy atom. The van der Waals surface area contributed by atoms with E-state index in [1.54, 1.807) is 18.3 Å². The molecule has 2 aromatic rings. The summed E-state index contributed by atoms with van der Waals surface area (Å²) in [6, 6.07) is 6.51. The minimum Gasteiger partial charge on any atom is -0.328 e. The van der Waals surface area contributed by atoms with Crippen molar-refractivity contribution in [3.8, 4) is 0 Å². The van der Waals surface area contributed by atoms with E-state index in [1.165, 1.54) is 12.1 Å². The molecule has 1 aliphatic carbocycles. The number of ketones is 1. The number of hydrogen-bond acceptors (Lipinski definition) is 3. The number of fused-ring (bicyclic) bond motifs is 1. The normalized spacial score (nSPS) is 17.7.